The van der Waals surface area contributed by atoms with Crippen molar-refractivity contribution in [3.63, 3.8) is 0 Å². The van der Waals surface area contributed by atoms with Crippen LogP contribution in [0.15, 0.2) is 48.7 Å². The van der Waals surface area contributed by atoms with Crippen LogP contribution in [0.3, 0.4) is 0 Å². The molecule has 12 heteroatoms. The number of hydrogen-bond acceptors (Lipinski definition) is 2. The molecule has 5 nitrogen and oxygen atoms in total. The van der Waals surface area contributed by atoms with Crippen LogP contribution in [-0.4, -0.2) is 20.7 Å². The summed E-state index contributed by atoms with van der Waals surface area (Å²) < 4.78 is 79.0. The quantitative estimate of drug-likeness (QED) is 0.320. The van der Waals surface area contributed by atoms with Gasteiger partial charge in [-0.25, -0.2) is 9.07 Å². The number of halogens is 7. The van der Waals surface area contributed by atoms with Crippen molar-refractivity contribution in [2.45, 2.75) is 19.1 Å². The SMILES string of the molecule is O=C(Nc1c[nH]c2cc(F)c(Cl)cc12)c1cc(Cc2ccc(C(F)(F)F)cc2)n(C(F)F)n1. The van der Waals surface area contributed by atoms with Gasteiger partial charge in [0, 0.05) is 23.7 Å². The lowest BCUT2D eigenvalue weighted by molar-refractivity contribution is -0.137. The third-order valence-corrected chi connectivity index (χ3v) is 5.16. The zero-order valence-electron chi connectivity index (χ0n) is 16.4. The summed E-state index contributed by atoms with van der Waals surface area (Å²) in [5.74, 6) is -1.48. The Labute approximate surface area is 187 Å². The molecule has 0 unspecified atom stereocenters. The van der Waals surface area contributed by atoms with Crippen molar-refractivity contribution in [2.75, 3.05) is 5.32 Å². The maximum absolute atomic E-state index is 13.6. The highest BCUT2D eigenvalue weighted by molar-refractivity contribution is 6.31. The highest BCUT2D eigenvalue weighted by Gasteiger charge is 2.30. The molecule has 2 N–H and O–H groups in total. The average molecular weight is 487 g/mol. The van der Waals surface area contributed by atoms with Crippen LogP contribution in [-0.2, 0) is 12.6 Å². The minimum absolute atomic E-state index is 0.0704. The van der Waals surface area contributed by atoms with Crippen molar-refractivity contribution < 1.29 is 31.1 Å². The largest absolute Gasteiger partial charge is 0.416 e. The number of aromatic nitrogens is 3. The Kier molecular flexibility index (Phi) is 5.83. The molecular weight excluding hydrogens is 474 g/mol. The first-order valence-electron chi connectivity index (χ1n) is 9.33. The number of carbonyl (C=O) groups excluding carboxylic acids is 1. The predicted molar refractivity (Wildman–Crippen MR) is 109 cm³/mol. The number of amides is 1. The molecule has 0 aliphatic rings. The molecule has 0 aliphatic carbocycles. The van der Waals surface area contributed by atoms with Crippen molar-refractivity contribution in [1.29, 1.82) is 0 Å². The molecule has 33 heavy (non-hydrogen) atoms. The number of rotatable bonds is 5. The fraction of sp³-hybridized carbons (Fsp3) is 0.143. The van der Waals surface area contributed by atoms with Crippen molar-refractivity contribution in [3.05, 3.63) is 82.0 Å². The molecule has 0 bridgehead atoms. The number of hydrogen-bond donors (Lipinski definition) is 2. The summed E-state index contributed by atoms with van der Waals surface area (Å²) in [5, 5.41) is 6.36. The Morgan fingerprint density at radius 3 is 2.48 bits per heavy atom. The van der Waals surface area contributed by atoms with E-state index in [9.17, 15) is 31.1 Å². The predicted octanol–water partition coefficient (Wildman–Crippen LogP) is 6.41. The summed E-state index contributed by atoms with van der Waals surface area (Å²) in [6, 6.07) is 7.59. The van der Waals surface area contributed by atoms with Crippen molar-refractivity contribution in [2.24, 2.45) is 0 Å². The van der Waals surface area contributed by atoms with Gasteiger partial charge in [0.15, 0.2) is 5.69 Å². The van der Waals surface area contributed by atoms with Gasteiger partial charge in [0.1, 0.15) is 5.82 Å². The second kappa shape index (κ2) is 8.47. The minimum Gasteiger partial charge on any atom is -0.359 e. The van der Waals surface area contributed by atoms with Gasteiger partial charge in [-0.3, -0.25) is 4.79 Å². The molecule has 4 aromatic rings. The van der Waals surface area contributed by atoms with Gasteiger partial charge in [0.25, 0.3) is 5.91 Å². The smallest absolute Gasteiger partial charge is 0.359 e. The summed E-state index contributed by atoms with van der Waals surface area (Å²) in [4.78, 5) is 15.4. The summed E-state index contributed by atoms with van der Waals surface area (Å²) in [6.07, 6.45) is -3.32. The molecule has 4 rings (SSSR count). The zero-order valence-corrected chi connectivity index (χ0v) is 17.1. The van der Waals surface area contributed by atoms with Gasteiger partial charge in [-0.15, -0.1) is 0 Å². The normalized spacial score (nSPS) is 12.0. The second-order valence-corrected chi connectivity index (χ2v) is 7.49. The first-order chi connectivity index (χ1) is 15.5. The van der Waals surface area contributed by atoms with Crippen LogP contribution in [0.25, 0.3) is 10.9 Å². The third-order valence-electron chi connectivity index (χ3n) is 4.87. The Hall–Kier alpha value is -3.47. The monoisotopic (exact) mass is 486 g/mol. The maximum Gasteiger partial charge on any atom is 0.416 e. The van der Waals surface area contributed by atoms with Crippen LogP contribution in [0.1, 0.15) is 33.9 Å². The summed E-state index contributed by atoms with van der Waals surface area (Å²) in [7, 11) is 0. The van der Waals surface area contributed by atoms with Crippen LogP contribution in [0.2, 0.25) is 5.02 Å². The highest BCUT2D eigenvalue weighted by atomic mass is 35.5. The number of aromatic amines is 1. The molecule has 2 aromatic heterocycles. The number of nitrogens with zero attached hydrogens (tertiary/aromatic N) is 2. The van der Waals surface area contributed by atoms with Crippen LogP contribution < -0.4 is 5.32 Å². The van der Waals surface area contributed by atoms with E-state index in [0.717, 1.165) is 24.3 Å². The molecule has 0 aliphatic heterocycles. The Morgan fingerprint density at radius 2 is 1.85 bits per heavy atom. The van der Waals surface area contributed by atoms with Crippen molar-refractivity contribution >= 4 is 34.1 Å². The molecule has 2 aromatic carbocycles. The molecule has 0 radical (unpaired) electrons. The van der Waals surface area contributed by atoms with Gasteiger partial charge in [0.2, 0.25) is 0 Å². The summed E-state index contributed by atoms with van der Waals surface area (Å²) in [6.45, 7) is -3.08. The number of carbonyl (C=O) groups is 1. The number of H-pyrrole nitrogens is 1. The summed E-state index contributed by atoms with van der Waals surface area (Å²) >= 11 is 5.78. The van der Waals surface area contributed by atoms with Crippen LogP contribution in [0, 0.1) is 5.82 Å². The number of nitrogens with one attached hydrogen (secondary N) is 2. The maximum atomic E-state index is 13.6. The number of anilines is 1. The number of fused-ring (bicyclic) bond motifs is 1. The lowest BCUT2D eigenvalue weighted by atomic mass is 10.1. The van der Waals surface area contributed by atoms with Crippen LogP contribution in [0.5, 0.6) is 0 Å². The highest BCUT2D eigenvalue weighted by Crippen LogP contribution is 2.30. The molecule has 0 atom stereocenters. The van der Waals surface area contributed by atoms with E-state index in [0.29, 0.717) is 21.1 Å². The number of benzene rings is 2. The third kappa shape index (κ3) is 4.68. The zero-order chi connectivity index (χ0) is 23.9. The molecular formula is C21H13ClF6N4O. The van der Waals surface area contributed by atoms with E-state index in [4.69, 9.17) is 11.6 Å². The number of alkyl halides is 5. The first kappa shape index (κ1) is 22.7. The van der Waals surface area contributed by atoms with E-state index in [1.165, 1.54) is 24.4 Å². The van der Waals surface area contributed by atoms with Gasteiger partial charge in [-0.2, -0.15) is 27.1 Å². The fourth-order valence-corrected chi connectivity index (χ4v) is 3.44. The van der Waals surface area contributed by atoms with E-state index in [1.807, 2.05) is 0 Å². The van der Waals surface area contributed by atoms with E-state index in [-0.39, 0.29) is 28.5 Å². The average Bonchev–Trinajstić information content (AvgIpc) is 3.33. The fourth-order valence-electron chi connectivity index (χ4n) is 3.27. The summed E-state index contributed by atoms with van der Waals surface area (Å²) in [5.41, 5.74) is -0.364. The van der Waals surface area contributed by atoms with Crippen molar-refractivity contribution in [3.8, 4) is 0 Å². The van der Waals surface area contributed by atoms with Gasteiger partial charge < -0.3 is 10.3 Å². The lowest BCUT2D eigenvalue weighted by Crippen LogP contribution is -2.13. The van der Waals surface area contributed by atoms with Crippen molar-refractivity contribution in [1.82, 2.24) is 14.8 Å². The topological polar surface area (TPSA) is 62.7 Å². The Morgan fingerprint density at radius 1 is 1.15 bits per heavy atom. The van der Waals surface area contributed by atoms with E-state index in [2.05, 4.69) is 15.4 Å². The van der Waals surface area contributed by atoms with E-state index in [1.54, 1.807) is 0 Å². The van der Waals surface area contributed by atoms with Crippen LogP contribution in [0.4, 0.5) is 32.0 Å². The minimum atomic E-state index is -4.52. The first-order valence-corrected chi connectivity index (χ1v) is 9.71. The lowest BCUT2D eigenvalue weighted by Gasteiger charge is -2.08. The standard InChI is InChI=1S/C21H13ClF6N4O/c22-14-7-13-16(8-15(14)23)29-9-18(13)30-19(33)17-6-12(32(31-17)20(24)25)5-10-1-3-11(4-2-10)21(26,27)28/h1-4,6-9,20,29H,5H2,(H,30,33). The molecule has 2 heterocycles. The van der Waals surface area contributed by atoms with Gasteiger partial charge >= 0.3 is 12.7 Å². The Balaban J connectivity index is 1.58. The van der Waals surface area contributed by atoms with Gasteiger partial charge in [0.05, 0.1) is 21.8 Å². The molecule has 0 spiro atoms. The molecule has 0 fully saturated rings. The molecule has 0 saturated heterocycles. The van der Waals surface area contributed by atoms with E-state index >= 15 is 0 Å². The molecule has 1 amide bonds. The molecule has 172 valence electrons. The van der Waals surface area contributed by atoms with Gasteiger partial charge in [-0.1, -0.05) is 23.7 Å². The van der Waals surface area contributed by atoms with E-state index < -0.39 is 30.0 Å². The molecule has 0 saturated carbocycles. The Bertz CT molecular complexity index is 1330. The second-order valence-electron chi connectivity index (χ2n) is 7.08. The van der Waals surface area contributed by atoms with Crippen LogP contribution >= 0.6 is 11.6 Å². The van der Waals surface area contributed by atoms with Gasteiger partial charge in [-0.05, 0) is 35.9 Å².